The van der Waals surface area contributed by atoms with Gasteiger partial charge in [-0.15, -0.1) is 0 Å². The number of ether oxygens (including phenoxy) is 1. The van der Waals surface area contributed by atoms with Crippen LogP contribution in [0.5, 0.6) is 0 Å². The van der Waals surface area contributed by atoms with Crippen molar-refractivity contribution in [1.29, 1.82) is 0 Å². The normalized spacial score (nSPS) is 9.55. The van der Waals surface area contributed by atoms with E-state index in [9.17, 15) is 4.79 Å². The van der Waals surface area contributed by atoms with Crippen LogP contribution in [0.1, 0.15) is 0 Å². The fourth-order valence-corrected chi connectivity index (χ4v) is 1.26. The summed E-state index contributed by atoms with van der Waals surface area (Å²) in [6.45, 7) is 0.186. The molecule has 0 saturated carbocycles. The third kappa shape index (κ3) is 1.91. The van der Waals surface area contributed by atoms with Crippen molar-refractivity contribution in [3.8, 4) is 0 Å². The van der Waals surface area contributed by atoms with Crippen LogP contribution in [-0.2, 0) is 16.1 Å². The van der Waals surface area contributed by atoms with E-state index < -0.39 is 0 Å². The minimum Gasteiger partial charge on any atom is -0.466 e. The fourth-order valence-electron chi connectivity index (χ4n) is 0.649. The largest absolute Gasteiger partial charge is 0.466 e. The molecule has 1 rings (SSSR count). The van der Waals surface area contributed by atoms with Crippen LogP contribution in [0, 0.1) is 0 Å². The summed E-state index contributed by atoms with van der Waals surface area (Å²) in [5.41, 5.74) is 5.52. The van der Waals surface area contributed by atoms with Crippen molar-refractivity contribution in [2.45, 2.75) is 6.54 Å². The molecule has 1 aromatic heterocycles. The van der Waals surface area contributed by atoms with Crippen LogP contribution >= 0.6 is 11.3 Å². The Morgan fingerprint density at radius 1 is 1.91 bits per heavy atom. The third-order valence-corrected chi connectivity index (χ3v) is 1.97. The maximum atomic E-state index is 10.7. The van der Waals surface area contributed by atoms with Gasteiger partial charge in [-0.3, -0.25) is 5.73 Å². The molecule has 0 aliphatic heterocycles. The molecule has 0 bridgehead atoms. The number of thiazole rings is 1. The second-order valence-corrected chi connectivity index (χ2v) is 2.87. The third-order valence-electron chi connectivity index (χ3n) is 1.24. The topological polar surface area (TPSA) is 56.2 Å². The molecule has 2 N–H and O–H groups in total. The monoisotopic (exact) mass is 173 g/mol. The summed E-state index contributed by atoms with van der Waals surface area (Å²) in [5, 5.41) is 2.42. The van der Waals surface area contributed by atoms with Crippen LogP contribution in [-0.4, -0.2) is 13.1 Å². The molecule has 0 unspecified atom stereocenters. The number of nitrogens with two attached hydrogens (primary N) is 1. The lowest BCUT2D eigenvalue weighted by Crippen LogP contribution is -2.38. The number of carbonyl (C=O) groups excluding carboxylic acids is 1. The number of rotatable bonds is 2. The zero-order valence-electron chi connectivity index (χ0n) is 6.11. The van der Waals surface area contributed by atoms with Crippen molar-refractivity contribution in [3.05, 3.63) is 11.6 Å². The lowest BCUT2D eigenvalue weighted by molar-refractivity contribution is -0.667. The summed E-state index contributed by atoms with van der Waals surface area (Å²) < 4.78 is 6.10. The highest BCUT2D eigenvalue weighted by atomic mass is 32.1. The molecule has 11 heavy (non-hydrogen) atoms. The van der Waals surface area contributed by atoms with Gasteiger partial charge in [0.2, 0.25) is 0 Å². The number of nitrogens with zero attached hydrogens (tertiary/aromatic N) is 1. The summed E-state index contributed by atoms with van der Waals surface area (Å²) in [6.07, 6.45) is 1.75. The van der Waals surface area contributed by atoms with E-state index in [1.54, 1.807) is 10.8 Å². The zero-order valence-corrected chi connectivity index (χ0v) is 6.93. The van der Waals surface area contributed by atoms with Gasteiger partial charge in [0.05, 0.1) is 7.11 Å². The number of nitrogen functional groups attached to an aromatic ring is 1. The molecule has 0 atom stereocenters. The molecule has 1 heterocycles. The fraction of sp³-hybridized carbons (Fsp3) is 0.333. The first kappa shape index (κ1) is 8.00. The number of aromatic nitrogens is 1. The van der Waals surface area contributed by atoms with Gasteiger partial charge in [-0.25, -0.2) is 9.36 Å². The number of esters is 1. The highest BCUT2D eigenvalue weighted by Crippen LogP contribution is 2.01. The van der Waals surface area contributed by atoms with E-state index in [4.69, 9.17) is 5.73 Å². The van der Waals surface area contributed by atoms with Gasteiger partial charge >= 0.3 is 11.1 Å². The van der Waals surface area contributed by atoms with Gasteiger partial charge in [0.1, 0.15) is 6.20 Å². The number of carbonyl (C=O) groups is 1. The molecule has 0 spiro atoms. The Kier molecular flexibility index (Phi) is 2.43. The molecule has 0 fully saturated rings. The van der Waals surface area contributed by atoms with E-state index >= 15 is 0 Å². The van der Waals surface area contributed by atoms with Crippen molar-refractivity contribution in [2.24, 2.45) is 0 Å². The maximum absolute atomic E-state index is 10.7. The Hall–Kier alpha value is -1.10. The Morgan fingerprint density at radius 2 is 2.64 bits per heavy atom. The molecule has 4 nitrogen and oxygen atoms in total. The lowest BCUT2D eigenvalue weighted by Gasteiger charge is -1.94. The first-order valence-corrected chi connectivity index (χ1v) is 3.91. The van der Waals surface area contributed by atoms with Crippen molar-refractivity contribution in [1.82, 2.24) is 0 Å². The van der Waals surface area contributed by atoms with Crippen LogP contribution in [0.3, 0.4) is 0 Å². The molecular formula is C6H9N2O2S+. The average molecular weight is 173 g/mol. The van der Waals surface area contributed by atoms with Crippen molar-refractivity contribution in [2.75, 3.05) is 12.8 Å². The highest BCUT2D eigenvalue weighted by Gasteiger charge is 2.10. The van der Waals surface area contributed by atoms with E-state index in [0.29, 0.717) is 5.13 Å². The van der Waals surface area contributed by atoms with Gasteiger partial charge in [-0.2, -0.15) is 0 Å². The van der Waals surface area contributed by atoms with Crippen molar-refractivity contribution < 1.29 is 14.1 Å². The van der Waals surface area contributed by atoms with Gasteiger partial charge in [0.15, 0.2) is 6.54 Å². The smallest absolute Gasteiger partial charge is 0.348 e. The molecular weight excluding hydrogens is 164 g/mol. The number of anilines is 1. The summed E-state index contributed by atoms with van der Waals surface area (Å²) in [4.78, 5) is 10.7. The van der Waals surface area contributed by atoms with Crippen LogP contribution in [0.25, 0.3) is 0 Å². The molecule has 0 aliphatic carbocycles. The molecule has 0 amide bonds. The molecule has 0 radical (unpaired) electrons. The molecule has 0 aromatic carbocycles. The van der Waals surface area contributed by atoms with Crippen LogP contribution in [0.2, 0.25) is 0 Å². The lowest BCUT2D eigenvalue weighted by atomic mass is 10.6. The van der Waals surface area contributed by atoms with E-state index in [1.807, 2.05) is 5.38 Å². The molecule has 60 valence electrons. The van der Waals surface area contributed by atoms with Crippen LogP contribution in [0.15, 0.2) is 11.6 Å². The quantitative estimate of drug-likeness (QED) is 0.497. The zero-order chi connectivity index (χ0) is 8.27. The SMILES string of the molecule is COC(=O)C[n+]1ccsc1N. The molecule has 5 heteroatoms. The van der Waals surface area contributed by atoms with Gasteiger partial charge in [0.25, 0.3) is 0 Å². The standard InChI is InChI=1S/C6H8N2O2S/c1-10-5(9)4-8-2-3-11-6(8)7/h2-3,7H,4H2,1H3/p+1. The van der Waals surface area contributed by atoms with E-state index in [1.165, 1.54) is 18.4 Å². The second kappa shape index (κ2) is 3.34. The van der Waals surface area contributed by atoms with E-state index in [0.717, 1.165) is 0 Å². The summed E-state index contributed by atoms with van der Waals surface area (Å²) in [6, 6.07) is 0. The maximum Gasteiger partial charge on any atom is 0.348 e. The van der Waals surface area contributed by atoms with Gasteiger partial charge in [-0.05, 0) is 0 Å². The van der Waals surface area contributed by atoms with Crippen LogP contribution in [0.4, 0.5) is 5.13 Å². The minimum atomic E-state index is -0.292. The first-order valence-electron chi connectivity index (χ1n) is 3.03. The predicted molar refractivity (Wildman–Crippen MR) is 40.9 cm³/mol. The Bertz CT molecular complexity index is 259. The van der Waals surface area contributed by atoms with Gasteiger partial charge in [-0.1, -0.05) is 11.3 Å². The Balaban J connectivity index is 2.64. The van der Waals surface area contributed by atoms with Gasteiger partial charge in [0, 0.05) is 5.38 Å². The van der Waals surface area contributed by atoms with Crippen molar-refractivity contribution >= 4 is 22.4 Å². The number of hydrogen-bond acceptors (Lipinski definition) is 4. The van der Waals surface area contributed by atoms with E-state index in [-0.39, 0.29) is 12.5 Å². The second-order valence-electron chi connectivity index (χ2n) is 1.95. The Morgan fingerprint density at radius 3 is 3.09 bits per heavy atom. The Labute approximate surface area is 68.2 Å². The number of methoxy groups -OCH3 is 1. The number of hydrogen-bond donors (Lipinski definition) is 1. The minimum absolute atomic E-state index is 0.186. The molecule has 1 aromatic rings. The summed E-state index contributed by atoms with van der Waals surface area (Å²) >= 11 is 1.39. The highest BCUT2D eigenvalue weighted by molar-refractivity contribution is 7.12. The van der Waals surface area contributed by atoms with Crippen LogP contribution < -0.4 is 10.3 Å². The molecule has 0 aliphatic rings. The molecule has 0 saturated heterocycles. The first-order chi connectivity index (χ1) is 5.24. The average Bonchev–Trinajstić information content (AvgIpc) is 2.37. The summed E-state index contributed by atoms with van der Waals surface area (Å²) in [5.74, 6) is -0.292. The van der Waals surface area contributed by atoms with E-state index in [2.05, 4.69) is 4.74 Å². The van der Waals surface area contributed by atoms with Crippen molar-refractivity contribution in [3.63, 3.8) is 0 Å². The van der Waals surface area contributed by atoms with Gasteiger partial charge < -0.3 is 4.74 Å². The summed E-state index contributed by atoms with van der Waals surface area (Å²) in [7, 11) is 1.35. The predicted octanol–water partition coefficient (Wildman–Crippen LogP) is -0.209.